The van der Waals surface area contributed by atoms with E-state index >= 15 is 0 Å². The van der Waals surface area contributed by atoms with Crippen LogP contribution >= 0.6 is 0 Å². The van der Waals surface area contributed by atoms with E-state index in [1.54, 1.807) is 6.20 Å². The second-order valence-electron chi connectivity index (χ2n) is 5.06. The van der Waals surface area contributed by atoms with Crippen LogP contribution in [0.15, 0.2) is 48.7 Å². The lowest BCUT2D eigenvalue weighted by Crippen LogP contribution is -2.29. The molecule has 1 aromatic carbocycles. The minimum Gasteiger partial charge on any atom is -0.395 e. The number of hydrogen-bond donors (Lipinski definition) is 2. The predicted octanol–water partition coefficient (Wildman–Crippen LogP) is 2.36. The van der Waals surface area contributed by atoms with Crippen molar-refractivity contribution in [3.05, 3.63) is 59.8 Å². The van der Waals surface area contributed by atoms with E-state index in [0.717, 1.165) is 17.9 Å². The Kier molecular flexibility index (Phi) is 5.72. The van der Waals surface area contributed by atoms with Crippen molar-refractivity contribution in [2.45, 2.75) is 19.5 Å². The van der Waals surface area contributed by atoms with E-state index < -0.39 is 0 Å². The van der Waals surface area contributed by atoms with Gasteiger partial charge in [0.1, 0.15) is 5.82 Å². The minimum atomic E-state index is 0.108. The van der Waals surface area contributed by atoms with Crippen molar-refractivity contribution in [1.82, 2.24) is 10.3 Å². The molecule has 1 aromatic heterocycles. The molecule has 0 fully saturated rings. The van der Waals surface area contributed by atoms with Crippen molar-refractivity contribution in [1.29, 1.82) is 0 Å². The second kappa shape index (κ2) is 7.76. The van der Waals surface area contributed by atoms with Gasteiger partial charge in [-0.05, 0) is 25.6 Å². The van der Waals surface area contributed by atoms with Gasteiger partial charge in [0.15, 0.2) is 0 Å². The van der Waals surface area contributed by atoms with Gasteiger partial charge in [-0.25, -0.2) is 4.98 Å². The summed E-state index contributed by atoms with van der Waals surface area (Å²) in [5.74, 6) is 0.928. The molecule has 0 aliphatic heterocycles. The first-order valence-electron chi connectivity index (χ1n) is 7.28. The van der Waals surface area contributed by atoms with Crippen molar-refractivity contribution in [3.63, 3.8) is 0 Å². The number of aliphatic hydroxyl groups excluding tert-OH is 1. The molecule has 0 aliphatic carbocycles. The Labute approximate surface area is 126 Å². The van der Waals surface area contributed by atoms with Gasteiger partial charge in [0.25, 0.3) is 0 Å². The van der Waals surface area contributed by atoms with Crippen LogP contribution in [-0.4, -0.2) is 30.3 Å². The van der Waals surface area contributed by atoms with Gasteiger partial charge < -0.3 is 15.3 Å². The van der Waals surface area contributed by atoms with Crippen molar-refractivity contribution >= 4 is 5.82 Å². The number of rotatable bonds is 7. The third-order valence-corrected chi connectivity index (χ3v) is 3.60. The Bertz CT molecular complexity index is 545. The molecule has 112 valence electrons. The fraction of sp³-hybridized carbons (Fsp3) is 0.353. The van der Waals surface area contributed by atoms with Crippen LogP contribution in [0.4, 0.5) is 5.82 Å². The van der Waals surface area contributed by atoms with E-state index in [1.807, 2.05) is 31.3 Å². The van der Waals surface area contributed by atoms with Crippen LogP contribution in [0.25, 0.3) is 0 Å². The van der Waals surface area contributed by atoms with E-state index in [0.29, 0.717) is 6.54 Å². The number of nitrogens with zero attached hydrogens (tertiary/aromatic N) is 2. The van der Waals surface area contributed by atoms with E-state index in [1.165, 1.54) is 5.56 Å². The molecule has 21 heavy (non-hydrogen) atoms. The highest BCUT2D eigenvalue weighted by atomic mass is 16.3. The van der Waals surface area contributed by atoms with E-state index in [2.05, 4.69) is 40.3 Å². The lowest BCUT2D eigenvalue weighted by molar-refractivity contribution is 0.301. The van der Waals surface area contributed by atoms with E-state index in [4.69, 9.17) is 0 Å². The van der Waals surface area contributed by atoms with Crippen LogP contribution in [-0.2, 0) is 6.54 Å². The Morgan fingerprint density at radius 1 is 1.19 bits per heavy atom. The van der Waals surface area contributed by atoms with Crippen LogP contribution in [0.3, 0.4) is 0 Å². The molecule has 0 radical (unpaired) electrons. The summed E-state index contributed by atoms with van der Waals surface area (Å²) in [6.45, 7) is 3.52. The lowest BCUT2D eigenvalue weighted by atomic mass is 10.1. The van der Waals surface area contributed by atoms with Gasteiger partial charge in [-0.15, -0.1) is 0 Å². The molecular weight excluding hydrogens is 262 g/mol. The standard InChI is InChI=1S/C17H23N3O/c1-14(18-2)16-9-6-10-19-17(16)20(11-12-21)13-15-7-4-3-5-8-15/h3-10,14,18,21H,11-13H2,1-2H3. The van der Waals surface area contributed by atoms with Crippen LogP contribution < -0.4 is 10.2 Å². The largest absolute Gasteiger partial charge is 0.395 e. The Hall–Kier alpha value is -1.91. The first-order valence-corrected chi connectivity index (χ1v) is 7.28. The molecule has 2 aromatic rings. The third kappa shape index (κ3) is 4.03. The van der Waals surface area contributed by atoms with Gasteiger partial charge in [-0.3, -0.25) is 0 Å². The maximum absolute atomic E-state index is 9.38. The molecule has 0 aliphatic rings. The summed E-state index contributed by atoms with van der Waals surface area (Å²) in [6, 6.07) is 14.5. The molecular formula is C17H23N3O. The first-order chi connectivity index (χ1) is 10.3. The quantitative estimate of drug-likeness (QED) is 0.820. The predicted molar refractivity (Wildman–Crippen MR) is 86.3 cm³/mol. The highest BCUT2D eigenvalue weighted by Crippen LogP contribution is 2.24. The average Bonchev–Trinajstić information content (AvgIpc) is 2.55. The maximum Gasteiger partial charge on any atom is 0.133 e. The topological polar surface area (TPSA) is 48.4 Å². The normalized spacial score (nSPS) is 12.1. The summed E-state index contributed by atoms with van der Waals surface area (Å²) in [5, 5.41) is 12.6. The zero-order valence-electron chi connectivity index (χ0n) is 12.7. The fourth-order valence-electron chi connectivity index (χ4n) is 2.35. The van der Waals surface area contributed by atoms with Crippen LogP contribution in [0.2, 0.25) is 0 Å². The number of anilines is 1. The van der Waals surface area contributed by atoms with Crippen molar-refractivity contribution in [2.24, 2.45) is 0 Å². The molecule has 2 N–H and O–H groups in total. The monoisotopic (exact) mass is 285 g/mol. The van der Waals surface area contributed by atoms with Crippen molar-refractivity contribution in [2.75, 3.05) is 25.1 Å². The van der Waals surface area contributed by atoms with Crippen LogP contribution in [0.1, 0.15) is 24.1 Å². The molecule has 0 saturated carbocycles. The summed E-state index contributed by atoms with van der Waals surface area (Å²) >= 11 is 0. The van der Waals surface area contributed by atoms with Gasteiger partial charge in [0.2, 0.25) is 0 Å². The molecule has 1 atom stereocenters. The molecule has 1 heterocycles. The fourth-order valence-corrected chi connectivity index (χ4v) is 2.35. The van der Waals surface area contributed by atoms with Gasteiger partial charge in [-0.2, -0.15) is 0 Å². The molecule has 2 rings (SSSR count). The highest BCUT2D eigenvalue weighted by molar-refractivity contribution is 5.49. The van der Waals surface area contributed by atoms with E-state index in [-0.39, 0.29) is 12.6 Å². The lowest BCUT2D eigenvalue weighted by Gasteiger charge is -2.27. The van der Waals surface area contributed by atoms with Crippen LogP contribution in [0.5, 0.6) is 0 Å². The second-order valence-corrected chi connectivity index (χ2v) is 5.06. The molecule has 4 nitrogen and oxygen atoms in total. The SMILES string of the molecule is CNC(C)c1cccnc1N(CCO)Cc1ccccc1. The first kappa shape index (κ1) is 15.5. The third-order valence-electron chi connectivity index (χ3n) is 3.60. The molecule has 0 saturated heterocycles. The van der Waals surface area contributed by atoms with Gasteiger partial charge >= 0.3 is 0 Å². The summed E-state index contributed by atoms with van der Waals surface area (Å²) in [5.41, 5.74) is 2.35. The number of nitrogens with one attached hydrogen (secondary N) is 1. The zero-order valence-corrected chi connectivity index (χ0v) is 12.7. The molecule has 4 heteroatoms. The van der Waals surface area contributed by atoms with Crippen molar-refractivity contribution in [3.8, 4) is 0 Å². The summed E-state index contributed by atoms with van der Waals surface area (Å²) < 4.78 is 0. The summed E-state index contributed by atoms with van der Waals surface area (Å²) in [4.78, 5) is 6.66. The summed E-state index contributed by atoms with van der Waals surface area (Å²) in [6.07, 6.45) is 1.80. The Morgan fingerprint density at radius 2 is 1.95 bits per heavy atom. The number of aromatic nitrogens is 1. The van der Waals surface area contributed by atoms with Gasteiger partial charge in [0, 0.05) is 30.9 Å². The number of hydrogen-bond acceptors (Lipinski definition) is 4. The smallest absolute Gasteiger partial charge is 0.133 e. The number of pyridine rings is 1. The van der Waals surface area contributed by atoms with Gasteiger partial charge in [-0.1, -0.05) is 36.4 Å². The Balaban J connectivity index is 2.30. The van der Waals surface area contributed by atoms with Crippen molar-refractivity contribution < 1.29 is 5.11 Å². The van der Waals surface area contributed by atoms with Gasteiger partial charge in [0.05, 0.1) is 6.61 Å². The average molecular weight is 285 g/mol. The van der Waals surface area contributed by atoms with Crippen LogP contribution in [0, 0.1) is 0 Å². The Morgan fingerprint density at radius 3 is 2.62 bits per heavy atom. The number of aliphatic hydroxyl groups is 1. The molecule has 0 amide bonds. The highest BCUT2D eigenvalue weighted by Gasteiger charge is 2.16. The summed E-state index contributed by atoms with van der Waals surface area (Å²) in [7, 11) is 1.94. The zero-order chi connectivity index (χ0) is 15.1. The molecule has 0 bridgehead atoms. The molecule has 0 spiro atoms. The number of benzene rings is 1. The minimum absolute atomic E-state index is 0.108. The van der Waals surface area contributed by atoms with E-state index in [9.17, 15) is 5.11 Å². The maximum atomic E-state index is 9.38. The molecule has 1 unspecified atom stereocenters.